The van der Waals surface area contributed by atoms with Gasteiger partial charge in [0.1, 0.15) is 51.8 Å². The number of hydrogen-bond donors (Lipinski definition) is 2. The molecule has 2 saturated heterocycles. The second kappa shape index (κ2) is 66.7. The predicted molar refractivity (Wildman–Crippen MR) is 457 cm³/mol. The van der Waals surface area contributed by atoms with E-state index in [1.165, 1.54) is 35.4 Å². The standard InChI is InChI=1S/C36H44O14.C35H42O14.16CH4/c1-5-29(34(39)50-18-28-26-12-8-6-10-23(26)14-24-11-7-9-13-27(24)28)45-20-31(35(40)48-15-22(2)37)47-21-32(36(41)49-17-25-16-44-25)46-19-30(42-3)33(38)43-4;1-4-28(33(38)49-18-27-25-11-7-5-9-22(25)15-23-10-6-8-12-26(23)27)45-20-30(34(39)43-14-13-36)47-21-31(35(40)48-17-24-16-44-24)46-19-29(41-2)32(37)42-3;;;;;;;;;;;;;;;;/h6-14,22,25,29-32,37H,5,15-21H2,1-4H3;5-12,15,24,28-31,36H,4,13-14,16-21H2,1-3H3;16*1H4. The second-order valence-electron chi connectivity index (χ2n) is 22.6. The molecule has 11 unspecified atom stereocenters. The van der Waals surface area contributed by atoms with Gasteiger partial charge in [-0.25, -0.2) is 38.4 Å². The molecule has 6 aromatic carbocycles. The van der Waals surface area contributed by atoms with Gasteiger partial charge < -0.3 is 95.5 Å². The van der Waals surface area contributed by atoms with Gasteiger partial charge in [0.15, 0.2) is 48.8 Å². The van der Waals surface area contributed by atoms with E-state index in [1.54, 1.807) is 13.8 Å². The van der Waals surface area contributed by atoms with Crippen LogP contribution in [-0.4, -0.2) is 239 Å². The average molecular weight is 1640 g/mol. The Labute approximate surface area is 689 Å². The van der Waals surface area contributed by atoms with Gasteiger partial charge in [-0.05, 0) is 75.0 Å². The van der Waals surface area contributed by atoms with E-state index >= 15 is 0 Å². The van der Waals surface area contributed by atoms with Crippen LogP contribution in [0.4, 0.5) is 0 Å². The lowest BCUT2D eigenvalue weighted by Gasteiger charge is -2.24. The molecule has 2 heterocycles. The summed E-state index contributed by atoms with van der Waals surface area (Å²) in [4.78, 5) is 102. The zero-order valence-corrected chi connectivity index (χ0v) is 56.3. The van der Waals surface area contributed by atoms with Crippen molar-refractivity contribution in [2.45, 2.75) is 233 Å². The lowest BCUT2D eigenvalue weighted by Crippen LogP contribution is -2.41. The fourth-order valence-corrected chi connectivity index (χ4v) is 9.79. The van der Waals surface area contributed by atoms with Crippen molar-refractivity contribution in [3.05, 3.63) is 120 Å². The summed E-state index contributed by atoms with van der Waals surface area (Å²) in [5, 5.41) is 26.7. The van der Waals surface area contributed by atoms with Crippen LogP contribution in [0.15, 0.2) is 109 Å². The number of carbonyl (C=O) groups is 8. The van der Waals surface area contributed by atoms with Gasteiger partial charge in [-0.15, -0.1) is 0 Å². The maximum absolute atomic E-state index is 13.3. The van der Waals surface area contributed by atoms with Crippen molar-refractivity contribution in [1.82, 2.24) is 0 Å². The Hall–Kier alpha value is -8.36. The Morgan fingerprint density at radius 3 is 0.861 bits per heavy atom. The Balaban J connectivity index is -0.000000210. The molecule has 115 heavy (non-hydrogen) atoms. The van der Waals surface area contributed by atoms with E-state index in [0.717, 1.165) is 54.2 Å². The molecule has 8 rings (SSSR count). The first-order valence-corrected chi connectivity index (χ1v) is 32.2. The molecule has 2 N–H and O–H groups in total. The summed E-state index contributed by atoms with van der Waals surface area (Å²) in [6.07, 6.45) is -11.2. The molecular formula is C87H150O28. The van der Waals surface area contributed by atoms with E-state index in [0.29, 0.717) is 13.2 Å². The Morgan fingerprint density at radius 1 is 0.357 bits per heavy atom. The molecule has 0 aromatic heterocycles. The van der Waals surface area contributed by atoms with E-state index in [-0.39, 0.29) is 184 Å². The lowest BCUT2D eigenvalue weighted by atomic mass is 9.97. The van der Waals surface area contributed by atoms with Crippen molar-refractivity contribution in [3.8, 4) is 0 Å². The molecule has 0 aliphatic carbocycles. The second-order valence-corrected chi connectivity index (χ2v) is 22.6. The minimum Gasteiger partial charge on any atom is -0.467 e. The van der Waals surface area contributed by atoms with E-state index in [2.05, 4.69) is 21.6 Å². The Kier molecular flexibility index (Phi) is 74.0. The molecule has 11 atom stereocenters. The monoisotopic (exact) mass is 1640 g/mol. The van der Waals surface area contributed by atoms with Crippen LogP contribution in [0.1, 0.15) is 164 Å². The molecule has 2 fully saturated rings. The lowest BCUT2D eigenvalue weighted by molar-refractivity contribution is -0.183. The fourth-order valence-electron chi connectivity index (χ4n) is 9.79. The number of fused-ring (bicyclic) bond motifs is 4. The minimum absolute atomic E-state index is 0. The first-order valence-electron chi connectivity index (χ1n) is 32.2. The van der Waals surface area contributed by atoms with Crippen molar-refractivity contribution in [2.24, 2.45) is 0 Å². The van der Waals surface area contributed by atoms with Crippen LogP contribution >= 0.6 is 0 Å². The number of esters is 8. The summed E-state index contributed by atoms with van der Waals surface area (Å²) in [6.45, 7) is 1.79. The van der Waals surface area contributed by atoms with Gasteiger partial charge in [-0.2, -0.15) is 0 Å². The molecular weight excluding hydrogens is 1490 g/mol. The molecule has 28 heteroatoms. The summed E-state index contributed by atoms with van der Waals surface area (Å²) in [7, 11) is 4.88. The molecule has 2 aliphatic rings. The fraction of sp³-hybridized carbons (Fsp3) is 0.586. The van der Waals surface area contributed by atoms with Crippen molar-refractivity contribution in [3.63, 3.8) is 0 Å². The van der Waals surface area contributed by atoms with Gasteiger partial charge in [0.25, 0.3) is 0 Å². The quantitative estimate of drug-likeness (QED) is 0.0156. The molecule has 0 saturated carbocycles. The van der Waals surface area contributed by atoms with Gasteiger partial charge in [0.2, 0.25) is 0 Å². The first-order chi connectivity index (χ1) is 47.9. The van der Waals surface area contributed by atoms with E-state index in [9.17, 15) is 43.5 Å². The number of hydrogen-bond acceptors (Lipinski definition) is 28. The molecule has 0 bridgehead atoms. The highest BCUT2D eigenvalue weighted by molar-refractivity contribution is 6.03. The zero-order valence-electron chi connectivity index (χ0n) is 56.3. The van der Waals surface area contributed by atoms with E-state index in [4.69, 9.17) is 80.9 Å². The summed E-state index contributed by atoms with van der Waals surface area (Å²) >= 11 is 0. The highest BCUT2D eigenvalue weighted by Gasteiger charge is 2.36. The Morgan fingerprint density at radius 2 is 0.609 bits per heavy atom. The maximum Gasteiger partial charge on any atom is 0.337 e. The van der Waals surface area contributed by atoms with Gasteiger partial charge in [0, 0.05) is 25.3 Å². The molecule has 0 spiro atoms. The highest BCUT2D eigenvalue weighted by atomic mass is 16.7. The molecule has 2 aliphatic heterocycles. The van der Waals surface area contributed by atoms with Crippen LogP contribution in [-0.2, 0) is 137 Å². The number of aliphatic hydroxyl groups excluding tert-OH is 2. The van der Waals surface area contributed by atoms with Gasteiger partial charge in [-0.1, -0.05) is 230 Å². The van der Waals surface area contributed by atoms with Crippen molar-refractivity contribution in [2.75, 3.05) is 114 Å². The summed E-state index contributed by atoms with van der Waals surface area (Å²) in [6, 6.07) is 35.5. The van der Waals surface area contributed by atoms with Crippen LogP contribution in [0.25, 0.3) is 43.1 Å². The zero-order chi connectivity index (χ0) is 71.2. The number of ether oxygens (including phenoxy) is 18. The smallest absolute Gasteiger partial charge is 0.337 e. The molecule has 0 radical (unpaired) electrons. The molecule has 28 nitrogen and oxygen atoms in total. The number of methoxy groups -OCH3 is 4. The molecule has 666 valence electrons. The van der Waals surface area contributed by atoms with E-state index in [1.807, 2.05) is 97.1 Å². The first kappa shape index (κ1) is 127. The number of benzene rings is 6. The maximum atomic E-state index is 13.3. The van der Waals surface area contributed by atoms with E-state index < -0.39 is 149 Å². The van der Waals surface area contributed by atoms with Gasteiger partial charge in [-0.3, -0.25) is 0 Å². The van der Waals surface area contributed by atoms with Crippen LogP contribution in [0.2, 0.25) is 0 Å². The van der Waals surface area contributed by atoms with Crippen LogP contribution in [0, 0.1) is 0 Å². The summed E-state index contributed by atoms with van der Waals surface area (Å²) in [5.41, 5.74) is 1.69. The predicted octanol–water partition coefficient (Wildman–Crippen LogP) is 15.1. The van der Waals surface area contributed by atoms with Crippen LogP contribution in [0.3, 0.4) is 0 Å². The minimum atomic E-state index is -1.46. The average Bonchev–Trinajstić information content (AvgIpc) is 1.70. The third kappa shape index (κ3) is 39.9. The summed E-state index contributed by atoms with van der Waals surface area (Å²) in [5.74, 6) is -6.27. The Bertz CT molecular complexity index is 3500. The SMILES string of the molecule is C.C.C.C.C.C.C.C.C.C.C.C.C.C.C.C.CCC(OCC(OCC(OCC(OC)C(=O)OC)C(=O)OCC1CO1)C(=O)OCC(C)O)C(=O)OCc1c2ccccc2cc2ccccc12.CCC(OCC(OCC(OCC(OC)C(=O)OC)C(=O)OCC1CO1)C(=O)OCCO)C(=O)OCc1c2ccccc2cc2ccccc12. The molecule has 6 aromatic rings. The van der Waals surface area contributed by atoms with Crippen LogP contribution < -0.4 is 0 Å². The third-order valence-electron chi connectivity index (χ3n) is 15.4. The van der Waals surface area contributed by atoms with Crippen molar-refractivity contribution >= 4 is 90.8 Å². The van der Waals surface area contributed by atoms with Crippen LogP contribution in [0.5, 0.6) is 0 Å². The van der Waals surface area contributed by atoms with Gasteiger partial charge in [0.05, 0.1) is 79.8 Å². The number of epoxide rings is 2. The van der Waals surface area contributed by atoms with Crippen molar-refractivity contribution < 1.29 is 134 Å². The third-order valence-corrected chi connectivity index (χ3v) is 15.4. The normalized spacial score (nSPS) is 14.3. The van der Waals surface area contributed by atoms with Crippen molar-refractivity contribution in [1.29, 1.82) is 0 Å². The van der Waals surface area contributed by atoms with Gasteiger partial charge >= 0.3 is 47.8 Å². The number of carbonyl (C=O) groups excluding carboxylic acids is 8. The largest absolute Gasteiger partial charge is 0.467 e. The molecule has 0 amide bonds. The number of rotatable bonds is 42. The topological polar surface area (TPSA) is 350 Å². The number of aliphatic hydroxyl groups is 2. The highest BCUT2D eigenvalue weighted by Crippen LogP contribution is 2.31. The summed E-state index contributed by atoms with van der Waals surface area (Å²) < 4.78 is 96.1.